The van der Waals surface area contributed by atoms with Crippen molar-refractivity contribution in [3.8, 4) is 22.9 Å². The number of carbonyl (C=O) groups excluding carboxylic acids is 3. The number of fused-ring (bicyclic) bond motifs is 2. The van der Waals surface area contributed by atoms with Gasteiger partial charge in [0.15, 0.2) is 0 Å². The first-order valence-corrected chi connectivity index (χ1v) is 20.8. The standard InChI is InChI=1S/C42H58ClN7O8/c1-22(2)45-39-47-30(20-56-39)29-18-33(26-9-10-32(34(43)35(26)46-29)55-14-12-49-11-13-54-21-42(49,7)8)57-25-17-31(37(44)51)50(19-25)38(52)36(41(4,5)6)48-40(53)58-24-15-27-23(3)28(27)16-24/h9-10,18,20,22-25,27-28,31,36H,11-17,19,21H2,1-8H3,(H2,44,51)(H,45,47)(H,48,53)/t23?,24?,25?,27-,28+,31-,36+/m0/s1. The molecule has 4 aliphatic rings. The molecule has 7 rings (SSSR count). The number of nitrogens with zero attached hydrogens (tertiary/aromatic N) is 4. The van der Waals surface area contributed by atoms with E-state index in [9.17, 15) is 14.4 Å². The lowest BCUT2D eigenvalue weighted by Gasteiger charge is -2.41. The first-order valence-electron chi connectivity index (χ1n) is 20.4. The first kappa shape index (κ1) is 41.8. The quantitative estimate of drug-likeness (QED) is 0.187. The number of hydrogen-bond donors (Lipinski definition) is 3. The fraction of sp³-hybridized carbons (Fsp3) is 0.643. The Kier molecular flexibility index (Phi) is 11.8. The van der Waals surface area contributed by atoms with Gasteiger partial charge >= 0.3 is 6.09 Å². The van der Waals surface area contributed by atoms with E-state index in [4.69, 9.17) is 45.7 Å². The van der Waals surface area contributed by atoms with Gasteiger partial charge in [-0.05, 0) is 75.8 Å². The highest BCUT2D eigenvalue weighted by Crippen LogP contribution is 2.57. The molecule has 1 aromatic carbocycles. The molecule has 2 saturated heterocycles. The van der Waals surface area contributed by atoms with E-state index in [1.54, 1.807) is 12.1 Å². The van der Waals surface area contributed by atoms with Crippen LogP contribution in [0.3, 0.4) is 0 Å². The van der Waals surface area contributed by atoms with Crippen molar-refractivity contribution < 1.29 is 37.7 Å². The second kappa shape index (κ2) is 16.4. The Hall–Kier alpha value is -4.34. The van der Waals surface area contributed by atoms with Crippen molar-refractivity contribution >= 4 is 46.4 Å². The summed E-state index contributed by atoms with van der Waals surface area (Å²) < 4.78 is 30.1. The minimum atomic E-state index is -0.990. The molecule has 0 spiro atoms. The van der Waals surface area contributed by atoms with Gasteiger partial charge < -0.3 is 44.6 Å². The number of pyridine rings is 1. The van der Waals surface area contributed by atoms with Gasteiger partial charge in [0.05, 0.1) is 31.0 Å². The third-order valence-corrected chi connectivity index (χ3v) is 12.5. The largest absolute Gasteiger partial charge is 0.491 e. The van der Waals surface area contributed by atoms with Gasteiger partial charge in [-0.3, -0.25) is 14.5 Å². The van der Waals surface area contributed by atoms with Gasteiger partial charge in [-0.25, -0.2) is 9.78 Å². The van der Waals surface area contributed by atoms with Crippen molar-refractivity contribution in [1.82, 2.24) is 25.1 Å². The summed E-state index contributed by atoms with van der Waals surface area (Å²) in [5.41, 5.74) is 6.39. The highest BCUT2D eigenvalue weighted by atomic mass is 35.5. The van der Waals surface area contributed by atoms with Crippen LogP contribution in [0.5, 0.6) is 11.5 Å². The molecule has 7 atom stereocenters. The summed E-state index contributed by atoms with van der Waals surface area (Å²) in [6, 6.07) is 3.81. The average molecular weight is 824 g/mol. The number of benzene rings is 1. The van der Waals surface area contributed by atoms with Gasteiger partial charge in [0, 0.05) is 42.5 Å². The van der Waals surface area contributed by atoms with Crippen LogP contribution in [0.25, 0.3) is 22.3 Å². The molecule has 2 aliphatic heterocycles. The topological polar surface area (TPSA) is 184 Å². The van der Waals surface area contributed by atoms with E-state index in [0.29, 0.717) is 88.9 Å². The molecule has 3 amide bonds. The number of halogens is 1. The number of likely N-dealkylation sites (tertiary alicyclic amines) is 1. The molecule has 3 aromatic rings. The molecular formula is C42H58ClN7O8. The predicted octanol–water partition coefficient (Wildman–Crippen LogP) is 5.87. The number of morpholine rings is 1. The van der Waals surface area contributed by atoms with E-state index in [1.165, 1.54) is 11.2 Å². The molecule has 4 fully saturated rings. The number of primary amides is 1. The van der Waals surface area contributed by atoms with Gasteiger partial charge in [0.2, 0.25) is 11.8 Å². The fourth-order valence-electron chi connectivity index (χ4n) is 8.73. The van der Waals surface area contributed by atoms with Crippen molar-refractivity contribution in [1.29, 1.82) is 0 Å². The lowest BCUT2D eigenvalue weighted by atomic mass is 9.85. The summed E-state index contributed by atoms with van der Waals surface area (Å²) in [6.07, 6.45) is 1.85. The third-order valence-electron chi connectivity index (χ3n) is 12.1. The number of aromatic nitrogens is 2. The average Bonchev–Trinajstić information content (AvgIpc) is 3.63. The normalized spacial score (nSPS) is 26.0. The van der Waals surface area contributed by atoms with Gasteiger partial charge in [0.1, 0.15) is 59.4 Å². The van der Waals surface area contributed by atoms with Crippen LogP contribution in [0.2, 0.25) is 5.02 Å². The van der Waals surface area contributed by atoms with Crippen LogP contribution in [0.4, 0.5) is 10.8 Å². The summed E-state index contributed by atoms with van der Waals surface area (Å²) >= 11 is 7.07. The third kappa shape index (κ3) is 8.96. The van der Waals surface area contributed by atoms with Crippen LogP contribution in [-0.4, -0.2) is 113 Å². The zero-order valence-electron chi connectivity index (χ0n) is 34.8. The lowest BCUT2D eigenvalue weighted by molar-refractivity contribution is -0.141. The molecule has 4 heterocycles. The van der Waals surface area contributed by atoms with Gasteiger partial charge in [-0.15, -0.1) is 0 Å². The maximum Gasteiger partial charge on any atom is 0.408 e. The van der Waals surface area contributed by atoms with E-state index in [-0.39, 0.29) is 30.7 Å². The molecule has 2 aliphatic carbocycles. The highest BCUT2D eigenvalue weighted by molar-refractivity contribution is 6.36. The molecule has 0 radical (unpaired) electrons. The van der Waals surface area contributed by atoms with Crippen molar-refractivity contribution in [2.24, 2.45) is 28.9 Å². The Balaban J connectivity index is 1.13. The van der Waals surface area contributed by atoms with Crippen molar-refractivity contribution in [2.75, 3.05) is 44.8 Å². The number of ether oxygens (including phenoxy) is 4. The highest BCUT2D eigenvalue weighted by Gasteiger charge is 2.54. The molecule has 0 bridgehead atoms. The number of amides is 3. The Morgan fingerprint density at radius 3 is 2.48 bits per heavy atom. The van der Waals surface area contributed by atoms with E-state index in [0.717, 1.165) is 19.4 Å². The van der Waals surface area contributed by atoms with Crippen molar-refractivity contribution in [3.63, 3.8) is 0 Å². The number of carbonyl (C=O) groups is 3. The van der Waals surface area contributed by atoms with Crippen LogP contribution < -0.4 is 25.8 Å². The molecular weight excluding hydrogens is 766 g/mol. The van der Waals surface area contributed by atoms with E-state index < -0.39 is 41.5 Å². The Morgan fingerprint density at radius 1 is 1.07 bits per heavy atom. The molecule has 58 heavy (non-hydrogen) atoms. The SMILES string of the molecule is CC(C)Nc1nc(-c2cc(OC3C[C@@H](C(N)=O)N(C(=O)[C@@H](NC(=O)OC4C[C@@H]5C(C)[C@@H]5C4)C(C)(C)C)C3)c3ccc(OCCN4CCOCC4(C)C)c(Cl)c3n2)co1. The second-order valence-corrected chi connectivity index (χ2v) is 18.7. The second-order valence-electron chi connectivity index (χ2n) is 18.3. The van der Waals surface area contributed by atoms with Crippen LogP contribution in [-0.2, 0) is 19.1 Å². The lowest BCUT2D eigenvalue weighted by Crippen LogP contribution is -2.57. The number of anilines is 1. The maximum absolute atomic E-state index is 14.3. The smallest absolute Gasteiger partial charge is 0.408 e. The predicted molar refractivity (Wildman–Crippen MR) is 219 cm³/mol. The Bertz CT molecular complexity index is 2000. The fourth-order valence-corrected chi connectivity index (χ4v) is 8.99. The Labute approximate surface area is 345 Å². The van der Waals surface area contributed by atoms with Crippen LogP contribution >= 0.6 is 11.6 Å². The number of oxazole rings is 1. The Morgan fingerprint density at radius 2 is 1.81 bits per heavy atom. The van der Waals surface area contributed by atoms with Gasteiger partial charge in [0.25, 0.3) is 6.01 Å². The molecule has 316 valence electrons. The number of hydrogen-bond acceptors (Lipinski definition) is 12. The summed E-state index contributed by atoms with van der Waals surface area (Å²) in [5.74, 6) is 1.63. The van der Waals surface area contributed by atoms with E-state index >= 15 is 0 Å². The van der Waals surface area contributed by atoms with Crippen LogP contribution in [0.1, 0.15) is 74.7 Å². The monoisotopic (exact) mass is 823 g/mol. The van der Waals surface area contributed by atoms with Crippen molar-refractivity contribution in [2.45, 2.75) is 111 Å². The number of nitrogens with one attached hydrogen (secondary N) is 2. The first-order chi connectivity index (χ1) is 27.4. The van der Waals surface area contributed by atoms with E-state index in [2.05, 4.69) is 41.3 Å². The van der Waals surface area contributed by atoms with Crippen LogP contribution in [0, 0.1) is 23.2 Å². The van der Waals surface area contributed by atoms with E-state index in [1.807, 2.05) is 40.7 Å². The molecule has 4 N–H and O–H groups in total. The summed E-state index contributed by atoms with van der Waals surface area (Å²) in [5, 5.41) is 6.87. The van der Waals surface area contributed by atoms with Gasteiger partial charge in [-0.1, -0.05) is 39.3 Å². The molecule has 2 aromatic heterocycles. The maximum atomic E-state index is 14.3. The molecule has 2 saturated carbocycles. The minimum absolute atomic E-state index is 0.0397. The number of alkyl carbamates (subject to hydrolysis) is 1. The summed E-state index contributed by atoms with van der Waals surface area (Å²) in [6.45, 7) is 19.3. The van der Waals surface area contributed by atoms with Crippen molar-refractivity contribution in [3.05, 3.63) is 29.5 Å². The molecule has 16 heteroatoms. The zero-order chi connectivity index (χ0) is 41.7. The zero-order valence-corrected chi connectivity index (χ0v) is 35.6. The van der Waals surface area contributed by atoms with Gasteiger partial charge in [-0.2, -0.15) is 4.98 Å². The summed E-state index contributed by atoms with van der Waals surface area (Å²) in [4.78, 5) is 53.7. The van der Waals surface area contributed by atoms with Crippen LogP contribution in [0.15, 0.2) is 28.9 Å². The number of rotatable bonds is 13. The summed E-state index contributed by atoms with van der Waals surface area (Å²) in [7, 11) is 0. The minimum Gasteiger partial charge on any atom is -0.491 e. The number of nitrogens with two attached hydrogens (primary N) is 1. The molecule has 15 nitrogen and oxygen atoms in total. The molecule has 3 unspecified atom stereocenters.